The number of benzene rings is 1. The highest BCUT2D eigenvalue weighted by Gasteiger charge is 2.39. The van der Waals surface area contributed by atoms with Gasteiger partial charge in [-0.05, 0) is 24.3 Å². The lowest BCUT2D eigenvalue weighted by molar-refractivity contribution is -0.121. The maximum atomic E-state index is 13.7. The molecular formula is C17H15ClFN3O2. The number of likely N-dealkylation sites (tertiary alicyclic amines) is 1. The number of carbonyl (C=O) groups excluding carboxylic acids is 2. The molecule has 2 N–H and O–H groups in total. The molecule has 0 unspecified atom stereocenters. The molecule has 24 heavy (non-hydrogen) atoms. The van der Waals surface area contributed by atoms with Crippen LogP contribution >= 0.6 is 11.6 Å². The van der Waals surface area contributed by atoms with Gasteiger partial charge in [-0.1, -0.05) is 23.7 Å². The Kier molecular flexibility index (Phi) is 4.49. The van der Waals surface area contributed by atoms with Gasteiger partial charge in [0.15, 0.2) is 0 Å². The van der Waals surface area contributed by atoms with Crippen molar-refractivity contribution in [3.63, 3.8) is 0 Å². The first-order chi connectivity index (χ1) is 11.5. The van der Waals surface area contributed by atoms with E-state index >= 15 is 0 Å². The standard InChI is InChI=1S/C17H15ClFN3O2/c18-13-5-4-10(14-3-1-2-6-21-14)7-12(13)17(24)22-9-11(19)8-15(22)16(20)23/h1-7,11,15H,8-9H2,(H2,20,23)/t11-,15+/m1/s1. The fourth-order valence-corrected chi connectivity index (χ4v) is 3.01. The van der Waals surface area contributed by atoms with E-state index in [4.69, 9.17) is 17.3 Å². The average Bonchev–Trinajstić information content (AvgIpc) is 2.98. The molecule has 1 aliphatic heterocycles. The van der Waals surface area contributed by atoms with Crippen LogP contribution in [0.4, 0.5) is 4.39 Å². The third-order valence-electron chi connectivity index (χ3n) is 4.00. The van der Waals surface area contributed by atoms with Gasteiger partial charge in [0.2, 0.25) is 5.91 Å². The zero-order valence-electron chi connectivity index (χ0n) is 12.7. The van der Waals surface area contributed by atoms with Crippen molar-refractivity contribution in [3.05, 3.63) is 53.2 Å². The van der Waals surface area contributed by atoms with E-state index in [-0.39, 0.29) is 23.6 Å². The SMILES string of the molecule is NC(=O)[C@@H]1C[C@@H](F)CN1C(=O)c1cc(-c2ccccn2)ccc1Cl. The lowest BCUT2D eigenvalue weighted by Gasteiger charge is -2.22. The zero-order chi connectivity index (χ0) is 17.3. The fourth-order valence-electron chi connectivity index (χ4n) is 2.82. The minimum Gasteiger partial charge on any atom is -0.368 e. The number of rotatable bonds is 3. The van der Waals surface area contributed by atoms with Crippen LogP contribution in [0.5, 0.6) is 0 Å². The maximum Gasteiger partial charge on any atom is 0.256 e. The van der Waals surface area contributed by atoms with E-state index < -0.39 is 24.0 Å². The van der Waals surface area contributed by atoms with Crippen molar-refractivity contribution in [2.75, 3.05) is 6.54 Å². The van der Waals surface area contributed by atoms with Crippen LogP contribution in [0.15, 0.2) is 42.6 Å². The number of alkyl halides is 1. The molecule has 0 saturated carbocycles. The van der Waals surface area contributed by atoms with E-state index in [1.807, 2.05) is 6.07 Å². The predicted molar refractivity (Wildman–Crippen MR) is 88.2 cm³/mol. The Bertz CT molecular complexity index is 785. The summed E-state index contributed by atoms with van der Waals surface area (Å²) in [6.45, 7) is -0.170. The smallest absolute Gasteiger partial charge is 0.256 e. The summed E-state index contributed by atoms with van der Waals surface area (Å²) in [6.07, 6.45) is 0.283. The normalized spacial score (nSPS) is 20.2. The van der Waals surface area contributed by atoms with Crippen molar-refractivity contribution >= 4 is 23.4 Å². The second-order valence-corrected chi connectivity index (χ2v) is 6.03. The molecule has 0 bridgehead atoms. The maximum absolute atomic E-state index is 13.7. The molecule has 2 aromatic rings. The van der Waals surface area contributed by atoms with Gasteiger partial charge in [0, 0.05) is 18.2 Å². The number of nitrogens with two attached hydrogens (primary N) is 1. The third kappa shape index (κ3) is 3.10. The molecule has 2 heterocycles. The number of nitrogens with zero attached hydrogens (tertiary/aromatic N) is 2. The summed E-state index contributed by atoms with van der Waals surface area (Å²) in [4.78, 5) is 29.6. The molecule has 1 aliphatic rings. The second kappa shape index (κ2) is 6.57. The first-order valence-electron chi connectivity index (χ1n) is 7.42. The highest BCUT2D eigenvalue weighted by molar-refractivity contribution is 6.34. The highest BCUT2D eigenvalue weighted by atomic mass is 35.5. The second-order valence-electron chi connectivity index (χ2n) is 5.62. The summed E-state index contributed by atoms with van der Waals surface area (Å²) >= 11 is 6.14. The Morgan fingerprint density at radius 2 is 2.08 bits per heavy atom. The monoisotopic (exact) mass is 347 g/mol. The van der Waals surface area contributed by atoms with Crippen LogP contribution in [-0.2, 0) is 4.79 Å². The van der Waals surface area contributed by atoms with Crippen LogP contribution in [0.25, 0.3) is 11.3 Å². The fraction of sp³-hybridized carbons (Fsp3) is 0.235. The number of carbonyl (C=O) groups is 2. The van der Waals surface area contributed by atoms with Crippen molar-refractivity contribution in [1.29, 1.82) is 0 Å². The van der Waals surface area contributed by atoms with Gasteiger partial charge in [-0.3, -0.25) is 14.6 Å². The van der Waals surface area contributed by atoms with Gasteiger partial charge in [-0.2, -0.15) is 0 Å². The van der Waals surface area contributed by atoms with Crippen LogP contribution in [0.2, 0.25) is 5.02 Å². The van der Waals surface area contributed by atoms with Crippen molar-refractivity contribution < 1.29 is 14.0 Å². The summed E-state index contributed by atoms with van der Waals surface area (Å²) < 4.78 is 13.7. The van der Waals surface area contributed by atoms with E-state index in [1.165, 1.54) is 0 Å². The first-order valence-corrected chi connectivity index (χ1v) is 7.80. The summed E-state index contributed by atoms with van der Waals surface area (Å²) in [6, 6.07) is 9.38. The largest absolute Gasteiger partial charge is 0.368 e. The quantitative estimate of drug-likeness (QED) is 0.926. The van der Waals surface area contributed by atoms with Crippen LogP contribution in [0, 0.1) is 0 Å². The topological polar surface area (TPSA) is 76.3 Å². The molecule has 1 aromatic carbocycles. The molecule has 1 saturated heterocycles. The molecule has 0 radical (unpaired) electrons. The van der Waals surface area contributed by atoms with Gasteiger partial charge in [-0.15, -0.1) is 0 Å². The number of pyridine rings is 1. The summed E-state index contributed by atoms with van der Waals surface area (Å²) in [7, 11) is 0. The lowest BCUT2D eigenvalue weighted by Crippen LogP contribution is -2.43. The van der Waals surface area contributed by atoms with Gasteiger partial charge in [0.1, 0.15) is 12.2 Å². The summed E-state index contributed by atoms with van der Waals surface area (Å²) in [5.41, 5.74) is 6.86. The van der Waals surface area contributed by atoms with Crippen LogP contribution < -0.4 is 5.73 Å². The van der Waals surface area contributed by atoms with E-state index in [1.54, 1.807) is 36.5 Å². The molecule has 2 atom stereocenters. The number of hydrogen-bond acceptors (Lipinski definition) is 3. The Morgan fingerprint density at radius 3 is 2.75 bits per heavy atom. The number of amides is 2. The highest BCUT2D eigenvalue weighted by Crippen LogP contribution is 2.28. The molecule has 1 fully saturated rings. The van der Waals surface area contributed by atoms with E-state index in [9.17, 15) is 14.0 Å². The van der Waals surface area contributed by atoms with Crippen LogP contribution in [0.3, 0.4) is 0 Å². The number of primary amides is 1. The van der Waals surface area contributed by atoms with E-state index in [0.29, 0.717) is 11.3 Å². The molecule has 124 valence electrons. The van der Waals surface area contributed by atoms with E-state index in [0.717, 1.165) is 4.90 Å². The molecule has 1 aromatic heterocycles. The molecule has 2 amide bonds. The Morgan fingerprint density at radius 1 is 1.29 bits per heavy atom. The molecule has 0 spiro atoms. The van der Waals surface area contributed by atoms with Crippen molar-refractivity contribution in [2.45, 2.75) is 18.6 Å². The summed E-state index contributed by atoms with van der Waals surface area (Å²) in [5.74, 6) is -1.23. The van der Waals surface area contributed by atoms with Crippen LogP contribution in [0.1, 0.15) is 16.8 Å². The van der Waals surface area contributed by atoms with E-state index in [2.05, 4.69) is 4.98 Å². The number of halogens is 2. The molecule has 3 rings (SSSR count). The van der Waals surface area contributed by atoms with Gasteiger partial charge >= 0.3 is 0 Å². The third-order valence-corrected chi connectivity index (χ3v) is 4.33. The van der Waals surface area contributed by atoms with Gasteiger partial charge < -0.3 is 10.6 Å². The average molecular weight is 348 g/mol. The van der Waals surface area contributed by atoms with Crippen molar-refractivity contribution in [3.8, 4) is 11.3 Å². The van der Waals surface area contributed by atoms with Crippen LogP contribution in [-0.4, -0.2) is 40.5 Å². The Hall–Kier alpha value is -2.47. The Labute approximate surface area is 143 Å². The molecule has 5 nitrogen and oxygen atoms in total. The van der Waals surface area contributed by atoms with Gasteiger partial charge in [-0.25, -0.2) is 4.39 Å². The predicted octanol–water partition coefficient (Wildman–Crippen LogP) is 2.44. The van der Waals surface area contributed by atoms with Crippen molar-refractivity contribution in [1.82, 2.24) is 9.88 Å². The molecule has 7 heteroatoms. The zero-order valence-corrected chi connectivity index (χ0v) is 13.4. The molecular weight excluding hydrogens is 333 g/mol. The minimum absolute atomic E-state index is 0.0847. The number of hydrogen-bond donors (Lipinski definition) is 1. The first kappa shape index (κ1) is 16.4. The lowest BCUT2D eigenvalue weighted by atomic mass is 10.1. The Balaban J connectivity index is 1.96. The molecule has 0 aliphatic carbocycles. The number of aromatic nitrogens is 1. The van der Waals surface area contributed by atoms with Gasteiger partial charge in [0.05, 0.1) is 22.8 Å². The minimum atomic E-state index is -1.27. The van der Waals surface area contributed by atoms with Gasteiger partial charge in [0.25, 0.3) is 5.91 Å². The summed E-state index contributed by atoms with van der Waals surface area (Å²) in [5, 5.41) is 0.227. The van der Waals surface area contributed by atoms with Crippen molar-refractivity contribution in [2.24, 2.45) is 5.73 Å².